The number of hydrogen-bond donors (Lipinski definition) is 1. The number of aromatic nitrogens is 1. The predicted octanol–water partition coefficient (Wildman–Crippen LogP) is 2.57. The Morgan fingerprint density at radius 2 is 2.17 bits per heavy atom. The lowest BCUT2D eigenvalue weighted by Gasteiger charge is -2.27. The van der Waals surface area contributed by atoms with Gasteiger partial charge >= 0.3 is 0 Å². The van der Waals surface area contributed by atoms with Crippen molar-refractivity contribution >= 4 is 5.69 Å². The number of nitrogens with zero attached hydrogens (tertiary/aromatic N) is 2. The highest BCUT2D eigenvalue weighted by Crippen LogP contribution is 2.36. The summed E-state index contributed by atoms with van der Waals surface area (Å²) in [6.07, 6.45) is 7.39. The van der Waals surface area contributed by atoms with Crippen LogP contribution < -0.4 is 10.2 Å². The van der Waals surface area contributed by atoms with Crippen LogP contribution in [-0.4, -0.2) is 24.1 Å². The van der Waals surface area contributed by atoms with Gasteiger partial charge in [0, 0.05) is 37.6 Å². The van der Waals surface area contributed by atoms with Crippen molar-refractivity contribution in [2.24, 2.45) is 5.92 Å². The van der Waals surface area contributed by atoms with Crippen LogP contribution in [0.1, 0.15) is 38.3 Å². The Morgan fingerprint density at radius 1 is 1.39 bits per heavy atom. The third-order valence-corrected chi connectivity index (χ3v) is 4.27. The van der Waals surface area contributed by atoms with Crippen LogP contribution in [0.25, 0.3) is 0 Å². The molecule has 2 aliphatic rings. The Labute approximate surface area is 110 Å². The van der Waals surface area contributed by atoms with E-state index in [2.05, 4.69) is 41.3 Å². The van der Waals surface area contributed by atoms with Gasteiger partial charge in [0.25, 0.3) is 0 Å². The minimum atomic E-state index is 0.650. The Hall–Kier alpha value is -1.09. The summed E-state index contributed by atoms with van der Waals surface area (Å²) in [4.78, 5) is 6.85. The number of anilines is 1. The highest BCUT2D eigenvalue weighted by atomic mass is 15.1. The smallest absolute Gasteiger partial charge is 0.0562 e. The fourth-order valence-corrected chi connectivity index (χ4v) is 2.45. The lowest BCUT2D eigenvalue weighted by atomic mass is 10.1. The van der Waals surface area contributed by atoms with E-state index in [0.717, 1.165) is 24.2 Å². The molecule has 3 rings (SSSR count). The topological polar surface area (TPSA) is 28.2 Å². The molecular formula is C15H23N3. The zero-order chi connectivity index (χ0) is 12.5. The molecule has 0 spiro atoms. The van der Waals surface area contributed by atoms with Crippen molar-refractivity contribution in [3.63, 3.8) is 0 Å². The molecule has 0 aromatic carbocycles. The van der Waals surface area contributed by atoms with Crippen molar-refractivity contribution < 1.29 is 0 Å². The van der Waals surface area contributed by atoms with Gasteiger partial charge in [0.2, 0.25) is 0 Å². The molecule has 3 heteroatoms. The molecule has 18 heavy (non-hydrogen) atoms. The van der Waals surface area contributed by atoms with Gasteiger partial charge < -0.3 is 10.2 Å². The zero-order valence-corrected chi connectivity index (χ0v) is 11.4. The number of hydrogen-bond acceptors (Lipinski definition) is 3. The molecule has 0 amide bonds. The molecule has 2 aliphatic carbocycles. The molecule has 0 radical (unpaired) electrons. The molecule has 1 N–H and O–H groups in total. The van der Waals surface area contributed by atoms with Crippen LogP contribution in [0.15, 0.2) is 18.3 Å². The summed E-state index contributed by atoms with van der Waals surface area (Å²) in [5.74, 6) is 0.899. The first-order chi connectivity index (χ1) is 8.74. The molecule has 0 aliphatic heterocycles. The van der Waals surface area contributed by atoms with Crippen molar-refractivity contribution in [2.45, 2.75) is 51.2 Å². The second kappa shape index (κ2) is 4.88. The van der Waals surface area contributed by atoms with Crippen molar-refractivity contribution in [2.75, 3.05) is 11.9 Å². The van der Waals surface area contributed by atoms with Crippen LogP contribution >= 0.6 is 0 Å². The molecule has 2 saturated carbocycles. The first-order valence-electron chi connectivity index (χ1n) is 7.15. The molecule has 2 fully saturated rings. The second-order valence-electron chi connectivity index (χ2n) is 5.85. The predicted molar refractivity (Wildman–Crippen MR) is 74.7 cm³/mol. The molecular weight excluding hydrogens is 222 g/mol. The van der Waals surface area contributed by atoms with Gasteiger partial charge in [-0.1, -0.05) is 0 Å². The Morgan fingerprint density at radius 3 is 2.83 bits per heavy atom. The minimum Gasteiger partial charge on any atom is -0.372 e. The summed E-state index contributed by atoms with van der Waals surface area (Å²) in [5.41, 5.74) is 2.46. The highest BCUT2D eigenvalue weighted by Gasteiger charge is 2.30. The number of nitrogens with one attached hydrogen (secondary N) is 1. The third-order valence-electron chi connectivity index (χ3n) is 4.27. The van der Waals surface area contributed by atoms with E-state index in [4.69, 9.17) is 0 Å². The van der Waals surface area contributed by atoms with E-state index in [1.54, 1.807) is 0 Å². The van der Waals surface area contributed by atoms with Gasteiger partial charge in [-0.2, -0.15) is 0 Å². The lowest BCUT2D eigenvalue weighted by molar-refractivity contribution is 0.607. The van der Waals surface area contributed by atoms with Gasteiger partial charge in [-0.05, 0) is 50.7 Å². The number of rotatable bonds is 6. The van der Waals surface area contributed by atoms with Crippen molar-refractivity contribution in [3.05, 3.63) is 24.0 Å². The standard InChI is InChI=1S/C15H23N3/c1-11(12-3-4-12)18(2)15-7-8-16-14(9-15)10-17-13-5-6-13/h7-9,11-13,17H,3-6,10H2,1-2H3. The molecule has 1 heterocycles. The van der Waals surface area contributed by atoms with Crippen molar-refractivity contribution in [3.8, 4) is 0 Å². The van der Waals surface area contributed by atoms with Gasteiger partial charge in [-0.15, -0.1) is 0 Å². The lowest BCUT2D eigenvalue weighted by Crippen LogP contribution is -2.30. The summed E-state index contributed by atoms with van der Waals surface area (Å²) in [6, 6.07) is 5.75. The Bertz CT molecular complexity index is 410. The largest absolute Gasteiger partial charge is 0.372 e. The molecule has 1 aromatic rings. The van der Waals surface area contributed by atoms with E-state index in [-0.39, 0.29) is 0 Å². The van der Waals surface area contributed by atoms with E-state index in [0.29, 0.717) is 6.04 Å². The maximum absolute atomic E-state index is 4.45. The average Bonchev–Trinajstić information content (AvgIpc) is 3.28. The van der Waals surface area contributed by atoms with Crippen molar-refractivity contribution in [1.82, 2.24) is 10.3 Å². The Balaban J connectivity index is 1.64. The fraction of sp³-hybridized carbons (Fsp3) is 0.667. The van der Waals surface area contributed by atoms with Gasteiger partial charge in [0.05, 0.1) is 5.69 Å². The van der Waals surface area contributed by atoms with Crippen molar-refractivity contribution in [1.29, 1.82) is 0 Å². The van der Waals surface area contributed by atoms with Crippen LogP contribution in [-0.2, 0) is 6.54 Å². The normalized spacial score (nSPS) is 20.8. The van der Waals surface area contributed by atoms with E-state index in [1.165, 1.54) is 31.4 Å². The second-order valence-corrected chi connectivity index (χ2v) is 5.85. The maximum atomic E-state index is 4.45. The SMILES string of the molecule is CC(C1CC1)N(C)c1ccnc(CNC2CC2)c1. The zero-order valence-electron chi connectivity index (χ0n) is 11.4. The van der Waals surface area contributed by atoms with Gasteiger partial charge in [0.1, 0.15) is 0 Å². The molecule has 1 atom stereocenters. The summed E-state index contributed by atoms with van der Waals surface area (Å²) >= 11 is 0. The quantitative estimate of drug-likeness (QED) is 0.835. The molecule has 0 bridgehead atoms. The molecule has 98 valence electrons. The van der Waals surface area contributed by atoms with E-state index >= 15 is 0 Å². The Kier molecular flexibility index (Phi) is 3.25. The van der Waals surface area contributed by atoms with Gasteiger partial charge in [-0.3, -0.25) is 4.98 Å². The summed E-state index contributed by atoms with van der Waals surface area (Å²) in [6.45, 7) is 3.24. The van der Waals surface area contributed by atoms with E-state index in [1.807, 2.05) is 6.20 Å². The molecule has 1 aromatic heterocycles. The summed E-state index contributed by atoms with van der Waals surface area (Å²) in [5, 5.41) is 3.52. The third kappa shape index (κ3) is 2.83. The molecule has 0 saturated heterocycles. The molecule has 1 unspecified atom stereocenters. The first-order valence-corrected chi connectivity index (χ1v) is 7.15. The van der Waals surface area contributed by atoms with E-state index < -0.39 is 0 Å². The van der Waals surface area contributed by atoms with Crippen LogP contribution in [0.5, 0.6) is 0 Å². The van der Waals surface area contributed by atoms with Crippen LogP contribution in [0.4, 0.5) is 5.69 Å². The van der Waals surface area contributed by atoms with Gasteiger partial charge in [-0.25, -0.2) is 0 Å². The minimum absolute atomic E-state index is 0.650. The van der Waals surface area contributed by atoms with Gasteiger partial charge in [0.15, 0.2) is 0 Å². The van der Waals surface area contributed by atoms with Crippen LogP contribution in [0.2, 0.25) is 0 Å². The number of pyridine rings is 1. The average molecular weight is 245 g/mol. The van der Waals surface area contributed by atoms with E-state index in [9.17, 15) is 0 Å². The molecule has 3 nitrogen and oxygen atoms in total. The summed E-state index contributed by atoms with van der Waals surface area (Å²) < 4.78 is 0. The van der Waals surface area contributed by atoms with Crippen LogP contribution in [0, 0.1) is 5.92 Å². The fourth-order valence-electron chi connectivity index (χ4n) is 2.45. The summed E-state index contributed by atoms with van der Waals surface area (Å²) in [7, 11) is 2.20. The van der Waals surface area contributed by atoms with Crippen LogP contribution in [0.3, 0.4) is 0 Å². The monoisotopic (exact) mass is 245 g/mol. The maximum Gasteiger partial charge on any atom is 0.0562 e. The highest BCUT2D eigenvalue weighted by molar-refractivity contribution is 5.47. The first kappa shape index (κ1) is 12.0.